The van der Waals surface area contributed by atoms with Crippen LogP contribution in [0.5, 0.6) is 0 Å². The number of aromatic nitrogens is 2. The molecule has 7 heteroatoms. The highest BCUT2D eigenvalue weighted by molar-refractivity contribution is 6.31. The smallest absolute Gasteiger partial charge is 0.188 e. The van der Waals surface area contributed by atoms with Gasteiger partial charge in [-0.05, 0) is 30.2 Å². The number of halogens is 2. The topological polar surface area (TPSA) is 64.3 Å². The van der Waals surface area contributed by atoms with Crippen LogP contribution in [0.15, 0.2) is 30.6 Å². The van der Waals surface area contributed by atoms with Crippen molar-refractivity contribution in [3.63, 3.8) is 0 Å². The van der Waals surface area contributed by atoms with Gasteiger partial charge in [-0.3, -0.25) is 4.79 Å². The Hall–Kier alpha value is -2.28. The largest absolute Gasteiger partial charge is 0.394 e. The quantitative estimate of drug-likeness (QED) is 0.495. The summed E-state index contributed by atoms with van der Waals surface area (Å²) < 4.78 is 22.0. The van der Waals surface area contributed by atoms with Crippen LogP contribution in [0.3, 0.4) is 0 Å². The Morgan fingerprint density at radius 1 is 1.37 bits per heavy atom. The van der Waals surface area contributed by atoms with Crippen molar-refractivity contribution in [2.75, 3.05) is 19.8 Å². The van der Waals surface area contributed by atoms with Crippen molar-refractivity contribution in [2.45, 2.75) is 13.3 Å². The fourth-order valence-electron chi connectivity index (χ4n) is 2.98. The number of hydrogen-bond donors (Lipinski definition) is 1. The number of rotatable bonds is 7. The fraction of sp³-hybridized carbons (Fsp3) is 0.300. The lowest BCUT2D eigenvalue weighted by atomic mass is 9.95. The van der Waals surface area contributed by atoms with E-state index in [9.17, 15) is 4.79 Å². The third-order valence-corrected chi connectivity index (χ3v) is 4.76. The maximum absolute atomic E-state index is 15.2. The number of aryl methyl sites for hydroxylation is 2. The Morgan fingerprint density at radius 3 is 2.85 bits per heavy atom. The monoisotopic (exact) mass is 390 g/mol. The maximum atomic E-state index is 15.2. The molecule has 1 heterocycles. The lowest BCUT2D eigenvalue weighted by Crippen LogP contribution is -2.15. The molecule has 0 bridgehead atoms. The SMILES string of the molecule is Cc1ccc(Cc2c(C(=O)COCCO)cc3c(ncn3C)c2F)c(Cl)c1. The van der Waals surface area contributed by atoms with E-state index in [1.54, 1.807) is 23.7 Å². The average Bonchev–Trinajstić information content (AvgIpc) is 3.00. The van der Waals surface area contributed by atoms with Gasteiger partial charge in [0.25, 0.3) is 0 Å². The summed E-state index contributed by atoms with van der Waals surface area (Å²) >= 11 is 6.31. The van der Waals surface area contributed by atoms with Gasteiger partial charge in [0.15, 0.2) is 11.6 Å². The Labute approximate surface area is 161 Å². The number of ketones is 1. The first-order valence-electron chi connectivity index (χ1n) is 8.51. The molecule has 3 rings (SSSR count). The highest BCUT2D eigenvalue weighted by Gasteiger charge is 2.22. The van der Waals surface area contributed by atoms with Crippen LogP contribution in [-0.4, -0.2) is 40.3 Å². The van der Waals surface area contributed by atoms with Crippen molar-refractivity contribution >= 4 is 28.4 Å². The molecule has 0 aliphatic carbocycles. The second-order valence-corrected chi connectivity index (χ2v) is 6.82. The van der Waals surface area contributed by atoms with Crippen LogP contribution in [0.4, 0.5) is 4.39 Å². The molecule has 3 aromatic rings. The van der Waals surface area contributed by atoms with Crippen LogP contribution in [0.1, 0.15) is 27.0 Å². The van der Waals surface area contributed by atoms with Crippen LogP contribution < -0.4 is 0 Å². The minimum atomic E-state index is -0.532. The van der Waals surface area contributed by atoms with Crippen molar-refractivity contribution in [1.82, 2.24) is 9.55 Å². The molecular weight excluding hydrogens is 371 g/mol. The van der Waals surface area contributed by atoms with Gasteiger partial charge in [0.05, 0.1) is 25.1 Å². The van der Waals surface area contributed by atoms with E-state index in [2.05, 4.69) is 4.98 Å². The number of aliphatic hydroxyl groups is 1. The third-order valence-electron chi connectivity index (χ3n) is 4.41. The zero-order chi connectivity index (χ0) is 19.6. The van der Waals surface area contributed by atoms with Gasteiger partial charge in [0.2, 0.25) is 0 Å². The van der Waals surface area contributed by atoms with Gasteiger partial charge in [-0.25, -0.2) is 9.37 Å². The van der Waals surface area contributed by atoms with Crippen molar-refractivity contribution in [3.05, 3.63) is 63.7 Å². The van der Waals surface area contributed by atoms with E-state index in [0.29, 0.717) is 10.5 Å². The molecule has 0 spiro atoms. The lowest BCUT2D eigenvalue weighted by molar-refractivity contribution is 0.0663. The number of carbonyl (C=O) groups excluding carboxylic acids is 1. The normalized spacial score (nSPS) is 11.3. The van der Waals surface area contributed by atoms with Crippen molar-refractivity contribution in [2.24, 2.45) is 7.05 Å². The molecule has 1 aromatic heterocycles. The van der Waals surface area contributed by atoms with E-state index in [0.717, 1.165) is 11.1 Å². The van der Waals surface area contributed by atoms with Crippen LogP contribution >= 0.6 is 11.6 Å². The van der Waals surface area contributed by atoms with Gasteiger partial charge in [0, 0.05) is 29.6 Å². The summed E-state index contributed by atoms with van der Waals surface area (Å²) in [6, 6.07) is 7.16. The molecule has 27 heavy (non-hydrogen) atoms. The standard InChI is InChI=1S/C20H20ClFN2O3/c1-12-3-4-13(16(21)7-12)8-15-14(18(26)10-27-6-5-25)9-17-20(19(15)22)23-11-24(17)2/h3-4,7,9,11,25H,5-6,8,10H2,1-2H3. The highest BCUT2D eigenvalue weighted by atomic mass is 35.5. The Bertz CT molecular complexity index is 1000. The summed E-state index contributed by atoms with van der Waals surface area (Å²) in [4.78, 5) is 16.8. The molecule has 0 aliphatic rings. The molecule has 0 fully saturated rings. The van der Waals surface area contributed by atoms with Gasteiger partial charge in [-0.1, -0.05) is 23.7 Å². The molecule has 1 N–H and O–H groups in total. The van der Waals surface area contributed by atoms with E-state index in [1.807, 2.05) is 19.1 Å². The predicted octanol–water partition coefficient (Wildman–Crippen LogP) is 3.46. The first kappa shape index (κ1) is 19.5. The van der Waals surface area contributed by atoms with Gasteiger partial charge in [-0.2, -0.15) is 0 Å². The summed E-state index contributed by atoms with van der Waals surface area (Å²) in [6.45, 7) is 1.54. The molecule has 2 aromatic carbocycles. The maximum Gasteiger partial charge on any atom is 0.188 e. The molecule has 0 saturated carbocycles. The van der Waals surface area contributed by atoms with E-state index < -0.39 is 5.82 Å². The van der Waals surface area contributed by atoms with E-state index in [4.69, 9.17) is 21.4 Å². The molecular formula is C20H20ClFN2O3. The summed E-state index contributed by atoms with van der Waals surface area (Å²) in [7, 11) is 1.74. The summed E-state index contributed by atoms with van der Waals surface area (Å²) in [5.74, 6) is -0.890. The van der Waals surface area contributed by atoms with Crippen molar-refractivity contribution < 1.29 is 19.0 Å². The second kappa shape index (κ2) is 8.17. The zero-order valence-electron chi connectivity index (χ0n) is 15.1. The lowest BCUT2D eigenvalue weighted by Gasteiger charge is -2.13. The number of imidazole rings is 1. The third kappa shape index (κ3) is 4.03. The van der Waals surface area contributed by atoms with Crippen LogP contribution in [0.25, 0.3) is 11.0 Å². The van der Waals surface area contributed by atoms with Crippen molar-refractivity contribution in [1.29, 1.82) is 0 Å². The first-order valence-corrected chi connectivity index (χ1v) is 8.89. The van der Waals surface area contributed by atoms with E-state index in [-0.39, 0.29) is 48.7 Å². The molecule has 142 valence electrons. The second-order valence-electron chi connectivity index (χ2n) is 6.41. The summed E-state index contributed by atoms with van der Waals surface area (Å²) in [6.07, 6.45) is 1.67. The number of aliphatic hydroxyl groups excluding tert-OH is 1. The predicted molar refractivity (Wildman–Crippen MR) is 102 cm³/mol. The minimum absolute atomic E-state index is 0.0430. The van der Waals surface area contributed by atoms with Gasteiger partial charge < -0.3 is 14.4 Å². The van der Waals surface area contributed by atoms with Crippen LogP contribution in [0, 0.1) is 12.7 Å². The summed E-state index contributed by atoms with van der Waals surface area (Å²) in [5.41, 5.74) is 2.93. The van der Waals surface area contributed by atoms with Gasteiger partial charge >= 0.3 is 0 Å². The number of ether oxygens (including phenoxy) is 1. The minimum Gasteiger partial charge on any atom is -0.394 e. The molecule has 0 atom stereocenters. The van der Waals surface area contributed by atoms with E-state index >= 15 is 4.39 Å². The molecule has 0 amide bonds. The van der Waals surface area contributed by atoms with Crippen molar-refractivity contribution in [3.8, 4) is 0 Å². The Balaban J connectivity index is 2.09. The molecule has 5 nitrogen and oxygen atoms in total. The zero-order valence-corrected chi connectivity index (χ0v) is 15.9. The number of fused-ring (bicyclic) bond motifs is 1. The number of hydrogen-bond acceptors (Lipinski definition) is 4. The number of benzene rings is 2. The number of Topliss-reactive ketones (excluding diaryl/α,β-unsaturated/α-hetero) is 1. The number of carbonyl (C=O) groups is 1. The molecule has 0 saturated heterocycles. The first-order chi connectivity index (χ1) is 12.9. The molecule has 0 unspecified atom stereocenters. The van der Waals surface area contributed by atoms with Gasteiger partial charge in [0.1, 0.15) is 12.1 Å². The van der Waals surface area contributed by atoms with Crippen LogP contribution in [0.2, 0.25) is 5.02 Å². The van der Waals surface area contributed by atoms with E-state index in [1.165, 1.54) is 6.33 Å². The average molecular weight is 391 g/mol. The summed E-state index contributed by atoms with van der Waals surface area (Å²) in [5, 5.41) is 9.34. The van der Waals surface area contributed by atoms with Gasteiger partial charge in [-0.15, -0.1) is 0 Å². The molecule has 0 aliphatic heterocycles. The highest BCUT2D eigenvalue weighted by Crippen LogP contribution is 2.29. The Kier molecular flexibility index (Phi) is 5.89. The number of nitrogens with zero attached hydrogens (tertiary/aromatic N) is 2. The van der Waals surface area contributed by atoms with Crippen LogP contribution in [-0.2, 0) is 18.2 Å². The molecule has 0 radical (unpaired) electrons. The Morgan fingerprint density at radius 2 is 2.15 bits per heavy atom. The fourth-order valence-corrected chi connectivity index (χ4v) is 3.28.